The fraction of sp³-hybridized carbons (Fsp3) is 0.565. The lowest BCUT2D eigenvalue weighted by Crippen LogP contribution is -2.40. The van der Waals surface area contributed by atoms with Crippen molar-refractivity contribution in [3.63, 3.8) is 0 Å². The van der Waals surface area contributed by atoms with Gasteiger partial charge in [0.25, 0.3) is 0 Å². The Balaban J connectivity index is 1.65. The molecule has 0 radical (unpaired) electrons. The maximum atomic E-state index is 15.2. The summed E-state index contributed by atoms with van der Waals surface area (Å²) < 4.78 is 63.5. The van der Waals surface area contributed by atoms with Gasteiger partial charge in [-0.25, -0.2) is 16.8 Å². The first kappa shape index (κ1) is 43.9. The summed E-state index contributed by atoms with van der Waals surface area (Å²) in [6.07, 6.45) is 3.11. The smallest absolute Gasteiger partial charge is 0.244 e. The van der Waals surface area contributed by atoms with Crippen molar-refractivity contribution < 1.29 is 26.4 Å². The molecule has 0 bridgehead atoms. The zero-order valence-corrected chi connectivity index (χ0v) is 37.2. The first-order chi connectivity index (χ1) is 26.2. The Hall–Kier alpha value is -3.18. The molecule has 0 amide bonds. The van der Waals surface area contributed by atoms with Crippen molar-refractivity contribution >= 4 is 32.6 Å². The van der Waals surface area contributed by atoms with E-state index in [2.05, 4.69) is 27.7 Å². The van der Waals surface area contributed by atoms with E-state index in [4.69, 9.17) is 0 Å². The third-order valence-electron chi connectivity index (χ3n) is 12.0. The Morgan fingerprint density at radius 3 is 1.04 bits per heavy atom. The van der Waals surface area contributed by atoms with Gasteiger partial charge in [-0.05, 0) is 106 Å². The molecule has 2 heterocycles. The highest BCUT2D eigenvalue weighted by Crippen LogP contribution is 2.47. The number of nitrogens with zero attached hydrogens (tertiary/aromatic N) is 2. The molecule has 3 aromatic rings. The Bertz CT molecular complexity index is 1950. The minimum Gasteiger partial charge on any atom is -0.302 e. The molecule has 2 aliphatic rings. The lowest BCUT2D eigenvalue weighted by molar-refractivity contribution is -0.111. The molecule has 0 saturated carbocycles. The average Bonchev–Trinajstić information content (AvgIpc) is 3.79. The van der Waals surface area contributed by atoms with E-state index < -0.39 is 44.2 Å². The molecule has 0 aliphatic carbocycles. The zero-order chi connectivity index (χ0) is 41.6. The Morgan fingerprint density at radius 1 is 0.482 bits per heavy atom. The second-order valence-corrected chi connectivity index (χ2v) is 21.5. The van der Waals surface area contributed by atoms with E-state index in [-0.39, 0.29) is 45.3 Å². The van der Waals surface area contributed by atoms with Crippen LogP contribution in [0.1, 0.15) is 201 Å². The second kappa shape index (κ2) is 17.0. The number of aldehydes is 2. The van der Waals surface area contributed by atoms with Gasteiger partial charge in [-0.2, -0.15) is 8.61 Å². The standard InChI is InChI=1S/C46H64N2O6S2/c1-27(2)35-21-39(29(5)6)45(40(22-35)30(7)8)55(51,52)47-37(25-49)16-18-43(47)33-14-13-15-34(20-33)44-19-17-38(26-50)48(44)56(53,54)46-41(31(9)10)23-36(28(3)4)24-42(46)32(11)12/h13-15,20-32,37-38,43-44H,16-19H2,1-12H3/t37-,38-,43+,44+/m1/s1. The molecule has 2 aliphatic heterocycles. The van der Waals surface area contributed by atoms with Crippen LogP contribution in [0, 0.1) is 0 Å². The third-order valence-corrected chi connectivity index (χ3v) is 16.1. The predicted octanol–water partition coefficient (Wildman–Crippen LogP) is 10.6. The molecule has 306 valence electrons. The largest absolute Gasteiger partial charge is 0.302 e. The summed E-state index contributed by atoms with van der Waals surface area (Å²) in [6, 6.07) is 12.6. The first-order valence-corrected chi connectivity index (χ1v) is 23.5. The van der Waals surface area contributed by atoms with Gasteiger partial charge in [0.1, 0.15) is 12.6 Å². The van der Waals surface area contributed by atoms with Crippen molar-refractivity contribution in [3.8, 4) is 0 Å². The van der Waals surface area contributed by atoms with Crippen LogP contribution >= 0.6 is 0 Å². The van der Waals surface area contributed by atoms with Gasteiger partial charge < -0.3 is 9.59 Å². The van der Waals surface area contributed by atoms with Crippen LogP contribution in [0.3, 0.4) is 0 Å². The molecule has 0 aromatic heterocycles. The van der Waals surface area contributed by atoms with E-state index in [1.807, 2.05) is 104 Å². The number of rotatable bonds is 14. The normalized spacial score (nSPS) is 21.5. The molecular weight excluding hydrogens is 741 g/mol. The minimum absolute atomic E-state index is 0.0786. The number of carbonyl (C=O) groups excluding carboxylic acids is 2. The van der Waals surface area contributed by atoms with Crippen molar-refractivity contribution in [2.45, 2.75) is 178 Å². The molecule has 10 heteroatoms. The number of benzene rings is 3. The van der Waals surface area contributed by atoms with Crippen molar-refractivity contribution in [2.75, 3.05) is 0 Å². The van der Waals surface area contributed by atoms with Gasteiger partial charge >= 0.3 is 0 Å². The Labute approximate surface area is 337 Å². The lowest BCUT2D eigenvalue weighted by atomic mass is 9.89. The molecule has 56 heavy (non-hydrogen) atoms. The minimum atomic E-state index is -4.19. The molecule has 3 aromatic carbocycles. The van der Waals surface area contributed by atoms with Crippen molar-refractivity contribution in [2.24, 2.45) is 0 Å². The van der Waals surface area contributed by atoms with E-state index in [0.717, 1.165) is 46.0 Å². The van der Waals surface area contributed by atoms with E-state index in [9.17, 15) is 9.59 Å². The SMILES string of the molecule is CC(C)c1cc(C(C)C)c(S(=O)(=O)N2[C@@H](C=O)CC[C@H]2c2cccc([C@@H]3CC[C@H](C=O)N3S(=O)(=O)c3c(C(C)C)cc(C(C)C)cc3C(C)C)c2)c(C(C)C)c1. The zero-order valence-electron chi connectivity index (χ0n) is 35.5. The maximum absolute atomic E-state index is 15.2. The highest BCUT2D eigenvalue weighted by atomic mass is 32.2. The van der Waals surface area contributed by atoms with E-state index >= 15 is 16.8 Å². The van der Waals surface area contributed by atoms with Gasteiger partial charge in [0.05, 0.1) is 34.0 Å². The summed E-state index contributed by atoms with van der Waals surface area (Å²) in [5, 5.41) is 0. The van der Waals surface area contributed by atoms with Gasteiger partial charge in [0.15, 0.2) is 0 Å². The van der Waals surface area contributed by atoms with Crippen molar-refractivity contribution in [1.82, 2.24) is 8.61 Å². The lowest BCUT2D eigenvalue weighted by Gasteiger charge is -2.33. The summed E-state index contributed by atoms with van der Waals surface area (Å²) in [7, 11) is -8.38. The molecule has 5 rings (SSSR count). The molecule has 0 unspecified atom stereocenters. The molecule has 8 nitrogen and oxygen atoms in total. The number of hydrogen-bond acceptors (Lipinski definition) is 6. The van der Waals surface area contributed by atoms with Crippen LogP contribution in [0.25, 0.3) is 0 Å². The summed E-state index contributed by atoms with van der Waals surface area (Å²) in [6.45, 7) is 24.5. The summed E-state index contributed by atoms with van der Waals surface area (Å²) in [5.74, 6) is 0.0983. The second-order valence-electron chi connectivity index (χ2n) is 17.9. The van der Waals surface area contributed by atoms with Crippen molar-refractivity contribution in [1.29, 1.82) is 0 Å². The monoisotopic (exact) mass is 804 g/mol. The van der Waals surface area contributed by atoms with Gasteiger partial charge in [0.2, 0.25) is 20.0 Å². The van der Waals surface area contributed by atoms with E-state index in [1.165, 1.54) is 8.61 Å². The number of hydrogen-bond donors (Lipinski definition) is 0. The van der Waals surface area contributed by atoms with E-state index in [0.29, 0.717) is 36.8 Å². The van der Waals surface area contributed by atoms with Crippen LogP contribution in [-0.2, 0) is 29.6 Å². The molecule has 4 atom stereocenters. The van der Waals surface area contributed by atoms with Crippen LogP contribution in [0.5, 0.6) is 0 Å². The summed E-state index contributed by atoms with van der Waals surface area (Å²) >= 11 is 0. The maximum Gasteiger partial charge on any atom is 0.244 e. The highest BCUT2D eigenvalue weighted by Gasteiger charge is 2.47. The van der Waals surface area contributed by atoms with Gasteiger partial charge in [-0.15, -0.1) is 0 Å². The predicted molar refractivity (Wildman–Crippen MR) is 226 cm³/mol. The molecule has 2 saturated heterocycles. The Kier molecular flexibility index (Phi) is 13.3. The summed E-state index contributed by atoms with van der Waals surface area (Å²) in [5.41, 5.74) is 6.55. The van der Waals surface area contributed by atoms with Gasteiger partial charge in [0, 0.05) is 0 Å². The quantitative estimate of drug-likeness (QED) is 0.150. The molecule has 0 N–H and O–H groups in total. The first-order valence-electron chi connectivity index (χ1n) is 20.6. The van der Waals surface area contributed by atoms with Crippen LogP contribution < -0.4 is 0 Å². The topological polar surface area (TPSA) is 109 Å². The third kappa shape index (κ3) is 8.10. The van der Waals surface area contributed by atoms with E-state index in [1.54, 1.807) is 0 Å². The van der Waals surface area contributed by atoms with Crippen molar-refractivity contribution in [3.05, 3.63) is 93.0 Å². The van der Waals surface area contributed by atoms with Crippen LogP contribution in [0.4, 0.5) is 0 Å². The highest BCUT2D eigenvalue weighted by molar-refractivity contribution is 7.89. The fourth-order valence-electron chi connectivity index (χ4n) is 8.76. The van der Waals surface area contributed by atoms with Crippen LogP contribution in [0.15, 0.2) is 58.3 Å². The van der Waals surface area contributed by atoms with Gasteiger partial charge in [-0.1, -0.05) is 132 Å². The van der Waals surface area contributed by atoms with Gasteiger partial charge in [-0.3, -0.25) is 0 Å². The number of sulfonamides is 2. The fourth-order valence-corrected chi connectivity index (χ4v) is 13.7. The summed E-state index contributed by atoms with van der Waals surface area (Å²) in [4.78, 5) is 25.9. The molecule has 2 fully saturated rings. The van der Waals surface area contributed by atoms with Crippen LogP contribution in [-0.4, -0.2) is 50.1 Å². The number of carbonyl (C=O) groups is 2. The molecule has 0 spiro atoms. The Morgan fingerprint density at radius 2 is 0.786 bits per heavy atom. The average molecular weight is 805 g/mol. The van der Waals surface area contributed by atoms with Crippen LogP contribution in [0.2, 0.25) is 0 Å². The molecular formula is C46H64N2O6S2.